The molecule has 0 atom stereocenters. The van der Waals surface area contributed by atoms with Crippen molar-refractivity contribution in [2.75, 3.05) is 18.1 Å². The molecular weight excluding hydrogens is 482 g/mol. The molecule has 3 aliphatic rings. The van der Waals surface area contributed by atoms with E-state index in [0.717, 1.165) is 49.8 Å². The SMILES string of the molecule is NC(=O)c1cnc(-c2cnn3cc(Cl)cnc23)cc1N(C1CCC(C(=O)NC2CC2)CC1)C1COC1. The molecule has 2 amide bonds. The number of ether oxygens (including phenoxy) is 1. The molecule has 0 radical (unpaired) electrons. The van der Waals surface area contributed by atoms with Crippen molar-refractivity contribution in [3.63, 3.8) is 0 Å². The zero-order valence-corrected chi connectivity index (χ0v) is 20.5. The first kappa shape index (κ1) is 23.2. The van der Waals surface area contributed by atoms with Crippen LogP contribution in [0.5, 0.6) is 0 Å². The molecule has 1 aliphatic heterocycles. The number of pyridine rings is 1. The Balaban J connectivity index is 1.32. The number of anilines is 1. The van der Waals surface area contributed by atoms with Crippen LogP contribution in [0.1, 0.15) is 48.9 Å². The Morgan fingerprint density at radius 2 is 1.83 bits per heavy atom. The van der Waals surface area contributed by atoms with Gasteiger partial charge in [0.2, 0.25) is 5.91 Å². The molecule has 4 heterocycles. The molecule has 3 N–H and O–H groups in total. The van der Waals surface area contributed by atoms with E-state index in [9.17, 15) is 9.59 Å². The Kier molecular flexibility index (Phi) is 6.00. The molecule has 2 saturated carbocycles. The van der Waals surface area contributed by atoms with Crippen LogP contribution >= 0.6 is 11.6 Å². The zero-order valence-electron chi connectivity index (χ0n) is 19.8. The summed E-state index contributed by atoms with van der Waals surface area (Å²) < 4.78 is 7.14. The molecule has 0 unspecified atom stereocenters. The Labute approximate surface area is 213 Å². The molecule has 36 heavy (non-hydrogen) atoms. The molecule has 10 nitrogen and oxygen atoms in total. The largest absolute Gasteiger partial charge is 0.377 e. The highest BCUT2D eigenvalue weighted by Crippen LogP contribution is 2.37. The van der Waals surface area contributed by atoms with E-state index in [1.54, 1.807) is 23.1 Å². The summed E-state index contributed by atoms with van der Waals surface area (Å²) in [5, 5.41) is 7.98. The fourth-order valence-corrected chi connectivity index (χ4v) is 5.41. The fourth-order valence-electron chi connectivity index (χ4n) is 5.27. The lowest BCUT2D eigenvalue weighted by Gasteiger charge is -2.46. The number of halogens is 1. The van der Waals surface area contributed by atoms with Crippen molar-refractivity contribution < 1.29 is 14.3 Å². The van der Waals surface area contributed by atoms with E-state index in [0.29, 0.717) is 41.2 Å². The van der Waals surface area contributed by atoms with Crippen molar-refractivity contribution in [3.05, 3.63) is 41.4 Å². The minimum Gasteiger partial charge on any atom is -0.377 e. The standard InChI is InChI=1S/C25H28ClN7O3/c26-15-8-29-24-19(10-30-32(24)11-15)21-7-22(20(9-28-21)23(27)34)33(18-12-36-13-18)17-5-1-14(2-6-17)25(35)31-16-3-4-16/h7-11,14,16-18H,1-6,12-13H2,(H2,27,34)(H,31,35). The summed E-state index contributed by atoms with van der Waals surface area (Å²) in [6.45, 7) is 1.16. The van der Waals surface area contributed by atoms with Crippen LogP contribution in [0.2, 0.25) is 5.02 Å². The highest BCUT2D eigenvalue weighted by molar-refractivity contribution is 6.30. The van der Waals surface area contributed by atoms with Crippen LogP contribution in [-0.4, -0.2) is 62.7 Å². The smallest absolute Gasteiger partial charge is 0.252 e. The van der Waals surface area contributed by atoms with Gasteiger partial charge >= 0.3 is 0 Å². The van der Waals surface area contributed by atoms with Gasteiger partial charge in [0, 0.05) is 30.4 Å². The molecule has 0 aromatic carbocycles. The van der Waals surface area contributed by atoms with Gasteiger partial charge in [0.1, 0.15) is 0 Å². The Morgan fingerprint density at radius 1 is 1.06 bits per heavy atom. The van der Waals surface area contributed by atoms with Gasteiger partial charge in [-0.15, -0.1) is 0 Å². The van der Waals surface area contributed by atoms with Gasteiger partial charge in [0.25, 0.3) is 5.91 Å². The Bertz CT molecular complexity index is 1310. The van der Waals surface area contributed by atoms with Crippen LogP contribution in [0, 0.1) is 5.92 Å². The predicted octanol–water partition coefficient (Wildman–Crippen LogP) is 2.59. The first-order chi connectivity index (χ1) is 17.5. The van der Waals surface area contributed by atoms with E-state index in [-0.39, 0.29) is 23.9 Å². The molecule has 3 fully saturated rings. The van der Waals surface area contributed by atoms with E-state index in [1.165, 1.54) is 6.20 Å². The lowest BCUT2D eigenvalue weighted by atomic mass is 9.83. The average Bonchev–Trinajstić information content (AvgIpc) is 3.56. The number of hydrogen-bond acceptors (Lipinski definition) is 7. The maximum Gasteiger partial charge on any atom is 0.252 e. The van der Waals surface area contributed by atoms with E-state index < -0.39 is 5.91 Å². The highest BCUT2D eigenvalue weighted by Gasteiger charge is 2.38. The number of rotatable bonds is 7. The Hall–Kier alpha value is -3.24. The molecule has 11 heteroatoms. The van der Waals surface area contributed by atoms with Crippen molar-refractivity contribution in [3.8, 4) is 11.3 Å². The lowest BCUT2D eigenvalue weighted by molar-refractivity contribution is -0.126. The summed E-state index contributed by atoms with van der Waals surface area (Å²) in [7, 11) is 0. The predicted molar refractivity (Wildman–Crippen MR) is 134 cm³/mol. The molecule has 3 aromatic rings. The van der Waals surface area contributed by atoms with Gasteiger partial charge in [-0.3, -0.25) is 14.6 Å². The number of nitrogens with two attached hydrogens (primary N) is 1. The van der Waals surface area contributed by atoms with Crippen LogP contribution in [-0.2, 0) is 9.53 Å². The third-order valence-corrected chi connectivity index (χ3v) is 7.62. The molecule has 0 bridgehead atoms. The second kappa shape index (κ2) is 9.33. The first-order valence-corrected chi connectivity index (χ1v) is 12.8. The van der Waals surface area contributed by atoms with Crippen LogP contribution < -0.4 is 16.0 Å². The van der Waals surface area contributed by atoms with Crippen molar-refractivity contribution in [1.29, 1.82) is 0 Å². The summed E-state index contributed by atoms with van der Waals surface area (Å²) in [4.78, 5) is 36.3. The summed E-state index contributed by atoms with van der Waals surface area (Å²) in [5.74, 6) is -0.308. The second-order valence-electron chi connectivity index (χ2n) is 9.94. The molecular formula is C25H28ClN7O3. The van der Waals surface area contributed by atoms with Gasteiger partial charge in [-0.25, -0.2) is 9.50 Å². The van der Waals surface area contributed by atoms with Crippen LogP contribution in [0.15, 0.2) is 30.9 Å². The lowest BCUT2D eigenvalue weighted by Crippen LogP contribution is -2.55. The summed E-state index contributed by atoms with van der Waals surface area (Å²) in [6, 6.07) is 2.56. The summed E-state index contributed by atoms with van der Waals surface area (Å²) >= 11 is 6.06. The monoisotopic (exact) mass is 509 g/mol. The zero-order chi connectivity index (χ0) is 24.8. The normalized spacial score (nSPS) is 22.2. The number of aromatic nitrogens is 4. The number of carbonyl (C=O) groups excluding carboxylic acids is 2. The minimum absolute atomic E-state index is 0.0432. The van der Waals surface area contributed by atoms with Crippen LogP contribution in [0.3, 0.4) is 0 Å². The molecule has 188 valence electrons. The van der Waals surface area contributed by atoms with E-state index in [4.69, 9.17) is 22.1 Å². The van der Waals surface area contributed by atoms with Crippen LogP contribution in [0.4, 0.5) is 5.69 Å². The summed E-state index contributed by atoms with van der Waals surface area (Å²) in [6.07, 6.45) is 12.0. The topological polar surface area (TPSA) is 128 Å². The van der Waals surface area contributed by atoms with Crippen LogP contribution in [0.25, 0.3) is 16.9 Å². The summed E-state index contributed by atoms with van der Waals surface area (Å²) in [5.41, 5.74) is 8.89. The van der Waals surface area contributed by atoms with Crippen molar-refractivity contribution in [1.82, 2.24) is 24.9 Å². The Morgan fingerprint density at radius 3 is 2.50 bits per heavy atom. The number of nitrogens with one attached hydrogen (secondary N) is 1. The van der Waals surface area contributed by atoms with E-state index in [2.05, 4.69) is 25.3 Å². The molecule has 3 aromatic heterocycles. The third-order valence-electron chi connectivity index (χ3n) is 7.43. The maximum absolute atomic E-state index is 12.6. The molecule has 6 rings (SSSR count). The van der Waals surface area contributed by atoms with Gasteiger partial charge in [-0.05, 0) is 44.6 Å². The number of hydrogen-bond donors (Lipinski definition) is 2. The number of fused-ring (bicyclic) bond motifs is 1. The van der Waals surface area contributed by atoms with E-state index >= 15 is 0 Å². The van der Waals surface area contributed by atoms with Gasteiger partial charge < -0.3 is 20.7 Å². The highest BCUT2D eigenvalue weighted by atomic mass is 35.5. The number of primary amides is 1. The number of nitrogens with zero attached hydrogens (tertiary/aromatic N) is 5. The van der Waals surface area contributed by atoms with E-state index in [1.807, 2.05) is 6.07 Å². The first-order valence-electron chi connectivity index (χ1n) is 12.4. The number of carbonyl (C=O) groups is 2. The van der Waals surface area contributed by atoms with Gasteiger partial charge in [-0.1, -0.05) is 11.6 Å². The number of amides is 2. The molecule has 0 spiro atoms. The van der Waals surface area contributed by atoms with Gasteiger partial charge in [0.15, 0.2) is 5.65 Å². The fraction of sp³-hybridized carbons (Fsp3) is 0.480. The van der Waals surface area contributed by atoms with Crippen molar-refractivity contribution in [2.45, 2.75) is 56.7 Å². The third kappa shape index (κ3) is 4.39. The quantitative estimate of drug-likeness (QED) is 0.501. The second-order valence-corrected chi connectivity index (χ2v) is 10.4. The minimum atomic E-state index is -0.531. The maximum atomic E-state index is 12.6. The van der Waals surface area contributed by atoms with Gasteiger partial charge in [-0.2, -0.15) is 5.10 Å². The van der Waals surface area contributed by atoms with Gasteiger partial charge in [0.05, 0.1) is 59.2 Å². The average molecular weight is 510 g/mol. The van der Waals surface area contributed by atoms with Crippen molar-refractivity contribution in [2.24, 2.45) is 11.7 Å². The van der Waals surface area contributed by atoms with Crippen molar-refractivity contribution >= 4 is 34.7 Å². The molecule has 1 saturated heterocycles. The molecule has 2 aliphatic carbocycles.